The molecule has 0 atom stereocenters. The van der Waals surface area contributed by atoms with Crippen LogP contribution in [-0.4, -0.2) is 81.4 Å². The van der Waals surface area contributed by atoms with Gasteiger partial charge in [-0.2, -0.15) is 9.98 Å². The van der Waals surface area contributed by atoms with E-state index in [1.165, 1.54) is 44.9 Å². The van der Waals surface area contributed by atoms with E-state index in [2.05, 4.69) is 45.7 Å². The van der Waals surface area contributed by atoms with Crippen LogP contribution >= 0.6 is 0 Å². The van der Waals surface area contributed by atoms with E-state index in [1.54, 1.807) is 6.20 Å². The van der Waals surface area contributed by atoms with E-state index in [-0.39, 0.29) is 5.54 Å². The van der Waals surface area contributed by atoms with Gasteiger partial charge in [0.25, 0.3) is 5.62 Å². The molecule has 7 rings (SSSR count). The highest BCUT2D eigenvalue weighted by Gasteiger charge is 2.41. The SMILES string of the molecule is c1cc(N=c2ncc3ncc4n(c-3n2)C2(CCCCC2)CN4)ncc1N1CCC(N2CCOCC2)CC1. The van der Waals surface area contributed by atoms with Crippen molar-refractivity contribution in [2.75, 3.05) is 56.2 Å². The molecule has 6 aliphatic rings. The number of anilines is 2. The molecule has 10 nitrogen and oxygen atoms in total. The number of hydrogen-bond donors (Lipinski definition) is 1. The summed E-state index contributed by atoms with van der Waals surface area (Å²) in [6, 6.07) is 4.77. The van der Waals surface area contributed by atoms with E-state index in [4.69, 9.17) is 9.72 Å². The molecule has 1 aliphatic carbocycles. The second-order valence-electron chi connectivity index (χ2n) is 10.8. The number of fused-ring (bicyclic) bond motifs is 4. The van der Waals surface area contributed by atoms with Gasteiger partial charge in [0.05, 0.1) is 43.0 Å². The number of hydrogen-bond acceptors (Lipinski definition) is 9. The Morgan fingerprint density at radius 3 is 2.54 bits per heavy atom. The largest absolute Gasteiger partial charge is 0.379 e. The molecular weight excluding hydrogens is 466 g/mol. The molecule has 6 heterocycles. The number of nitrogens with one attached hydrogen (secondary N) is 1. The molecule has 1 aromatic heterocycles. The van der Waals surface area contributed by atoms with Crippen LogP contribution in [0.3, 0.4) is 0 Å². The molecule has 10 heteroatoms. The molecule has 0 amide bonds. The maximum Gasteiger partial charge on any atom is 0.253 e. The molecule has 37 heavy (non-hydrogen) atoms. The van der Waals surface area contributed by atoms with E-state index < -0.39 is 0 Å². The van der Waals surface area contributed by atoms with Gasteiger partial charge in [-0.05, 0) is 37.8 Å². The molecule has 194 valence electrons. The number of ether oxygens (including phenoxy) is 1. The Labute approximate surface area is 217 Å². The number of aromatic nitrogens is 5. The van der Waals surface area contributed by atoms with Crippen LogP contribution in [0.15, 0.2) is 35.7 Å². The molecule has 1 spiro atoms. The zero-order chi connectivity index (χ0) is 24.7. The van der Waals surface area contributed by atoms with Crippen molar-refractivity contribution in [2.45, 2.75) is 56.5 Å². The van der Waals surface area contributed by atoms with Crippen LogP contribution in [-0.2, 0) is 10.3 Å². The summed E-state index contributed by atoms with van der Waals surface area (Å²) in [5, 5.41) is 3.56. The van der Waals surface area contributed by atoms with Crippen molar-refractivity contribution in [3.63, 3.8) is 0 Å². The molecule has 0 radical (unpaired) electrons. The normalized spacial score (nSPS) is 22.9. The third kappa shape index (κ3) is 4.35. The number of nitrogens with zero attached hydrogens (tertiary/aromatic N) is 8. The highest BCUT2D eigenvalue weighted by Crippen LogP contribution is 2.43. The fourth-order valence-electron chi connectivity index (χ4n) is 6.68. The molecule has 0 unspecified atom stereocenters. The van der Waals surface area contributed by atoms with Crippen molar-refractivity contribution in [3.8, 4) is 11.5 Å². The van der Waals surface area contributed by atoms with Crippen LogP contribution < -0.4 is 15.8 Å². The van der Waals surface area contributed by atoms with Crippen LogP contribution in [0.2, 0.25) is 0 Å². The van der Waals surface area contributed by atoms with Crippen LogP contribution in [0.5, 0.6) is 0 Å². The molecule has 3 fully saturated rings. The first-order valence-electron chi connectivity index (χ1n) is 13.8. The lowest BCUT2D eigenvalue weighted by molar-refractivity contribution is 0.0115. The molecular formula is C27H35N9O. The second kappa shape index (κ2) is 9.64. The standard InChI is InChI=1S/C27H35N9O/c1-2-8-27(9-3-1)19-31-24-18-28-22-17-30-26(33-25(22)36(24)27)32-23-5-4-21(16-29-23)34-10-6-20(7-11-34)35-12-14-37-15-13-35/h4-5,16-18,20,31H,1-3,6-15,19H2. The summed E-state index contributed by atoms with van der Waals surface area (Å²) in [6.07, 6.45) is 14.1. The predicted molar refractivity (Wildman–Crippen MR) is 141 cm³/mol. The molecule has 0 aromatic carbocycles. The first kappa shape index (κ1) is 23.0. The minimum Gasteiger partial charge on any atom is -0.379 e. The summed E-state index contributed by atoms with van der Waals surface area (Å²) in [7, 11) is 0. The van der Waals surface area contributed by atoms with E-state index in [0.29, 0.717) is 17.5 Å². The summed E-state index contributed by atoms with van der Waals surface area (Å²) in [5.74, 6) is 2.53. The van der Waals surface area contributed by atoms with Crippen molar-refractivity contribution in [1.29, 1.82) is 0 Å². The molecule has 0 bridgehead atoms. The molecule has 5 aliphatic heterocycles. The topological polar surface area (TPSA) is 96.6 Å². The molecule has 1 saturated carbocycles. The van der Waals surface area contributed by atoms with Crippen molar-refractivity contribution >= 4 is 17.3 Å². The Hall–Kier alpha value is -3.11. The fraction of sp³-hybridized carbons (Fsp3) is 0.593. The quantitative estimate of drug-likeness (QED) is 0.585. The Morgan fingerprint density at radius 1 is 0.919 bits per heavy atom. The van der Waals surface area contributed by atoms with E-state index in [1.807, 2.05) is 18.5 Å². The smallest absolute Gasteiger partial charge is 0.253 e. The predicted octanol–water partition coefficient (Wildman–Crippen LogP) is 2.79. The van der Waals surface area contributed by atoms with Gasteiger partial charge in [0.15, 0.2) is 11.6 Å². The van der Waals surface area contributed by atoms with E-state index in [9.17, 15) is 0 Å². The number of pyridine rings is 1. The van der Waals surface area contributed by atoms with Crippen LogP contribution in [0.25, 0.3) is 11.5 Å². The fourth-order valence-corrected chi connectivity index (χ4v) is 6.68. The first-order valence-corrected chi connectivity index (χ1v) is 13.8. The van der Waals surface area contributed by atoms with Gasteiger partial charge in [0, 0.05) is 38.8 Å². The Morgan fingerprint density at radius 2 is 1.76 bits per heavy atom. The lowest BCUT2D eigenvalue weighted by atomic mass is 9.82. The number of morpholine rings is 1. The number of piperidine rings is 1. The average molecular weight is 502 g/mol. The maximum atomic E-state index is 5.52. The van der Waals surface area contributed by atoms with Crippen molar-refractivity contribution in [2.24, 2.45) is 4.99 Å². The molecule has 2 saturated heterocycles. The summed E-state index contributed by atoms with van der Waals surface area (Å²) in [4.78, 5) is 28.3. The highest BCUT2D eigenvalue weighted by molar-refractivity contribution is 5.57. The zero-order valence-electron chi connectivity index (χ0n) is 21.3. The van der Waals surface area contributed by atoms with Gasteiger partial charge < -0.3 is 19.5 Å². The molecule has 1 N–H and O–H groups in total. The lowest BCUT2D eigenvalue weighted by Gasteiger charge is -2.40. The molecule has 1 aromatic rings. The van der Waals surface area contributed by atoms with Gasteiger partial charge in [-0.3, -0.25) is 4.90 Å². The van der Waals surface area contributed by atoms with Gasteiger partial charge in [0.2, 0.25) is 0 Å². The van der Waals surface area contributed by atoms with E-state index in [0.717, 1.165) is 69.0 Å². The van der Waals surface area contributed by atoms with Crippen LogP contribution in [0.1, 0.15) is 44.9 Å². The van der Waals surface area contributed by atoms with Crippen LogP contribution in [0, 0.1) is 0 Å². The summed E-state index contributed by atoms with van der Waals surface area (Å²) < 4.78 is 7.88. The Kier molecular flexibility index (Phi) is 6.01. The van der Waals surface area contributed by atoms with Gasteiger partial charge in [-0.15, -0.1) is 0 Å². The number of rotatable bonds is 3. The minimum atomic E-state index is 0.0789. The summed E-state index contributed by atoms with van der Waals surface area (Å²) in [5.41, 5.74) is 2.47. The van der Waals surface area contributed by atoms with Crippen molar-refractivity contribution < 1.29 is 4.74 Å². The van der Waals surface area contributed by atoms with Gasteiger partial charge in [-0.1, -0.05) is 19.3 Å². The van der Waals surface area contributed by atoms with Crippen LogP contribution in [0.4, 0.5) is 17.3 Å². The Bertz CT molecular complexity index is 1260. The van der Waals surface area contributed by atoms with Crippen molar-refractivity contribution in [3.05, 3.63) is 36.3 Å². The third-order valence-corrected chi connectivity index (χ3v) is 8.71. The highest BCUT2D eigenvalue weighted by atomic mass is 16.5. The average Bonchev–Trinajstić information content (AvgIpc) is 3.32. The first-order chi connectivity index (χ1) is 18.3. The summed E-state index contributed by atoms with van der Waals surface area (Å²) >= 11 is 0. The van der Waals surface area contributed by atoms with Gasteiger partial charge in [-0.25, -0.2) is 15.0 Å². The van der Waals surface area contributed by atoms with Gasteiger partial charge in [0.1, 0.15) is 11.5 Å². The third-order valence-electron chi connectivity index (χ3n) is 8.71. The van der Waals surface area contributed by atoms with Gasteiger partial charge >= 0.3 is 0 Å². The Balaban J connectivity index is 1.10. The maximum absolute atomic E-state index is 5.52. The second-order valence-corrected chi connectivity index (χ2v) is 10.8. The monoisotopic (exact) mass is 501 g/mol. The van der Waals surface area contributed by atoms with E-state index >= 15 is 0 Å². The minimum absolute atomic E-state index is 0.0789. The summed E-state index contributed by atoms with van der Waals surface area (Å²) in [6.45, 7) is 6.91. The zero-order valence-corrected chi connectivity index (χ0v) is 21.3. The lowest BCUT2D eigenvalue weighted by Crippen LogP contribution is -2.49. The van der Waals surface area contributed by atoms with Crippen molar-refractivity contribution in [1.82, 2.24) is 29.4 Å².